The quantitative estimate of drug-likeness (QED) is 0.209. The molecule has 0 spiro atoms. The van der Waals surface area contributed by atoms with Crippen molar-refractivity contribution < 1.29 is 18.7 Å². The molecule has 5 aromatic rings. The second kappa shape index (κ2) is 12.4. The van der Waals surface area contributed by atoms with E-state index in [1.807, 2.05) is 80.7 Å². The molecule has 0 saturated carbocycles. The van der Waals surface area contributed by atoms with Gasteiger partial charge >= 0.3 is 6.09 Å². The van der Waals surface area contributed by atoms with E-state index in [1.54, 1.807) is 11.2 Å². The summed E-state index contributed by atoms with van der Waals surface area (Å²) in [5.74, 6) is -0.226. The minimum Gasteiger partial charge on any atom is -0.464 e. The topological polar surface area (TPSA) is 97.6 Å². The fraction of sp³-hybridized carbons (Fsp3) is 0.267. The van der Waals surface area contributed by atoms with Crippen LogP contribution in [0.1, 0.15) is 37.4 Å². The summed E-state index contributed by atoms with van der Waals surface area (Å²) in [7, 11) is 0. The number of fused-ring (bicyclic) bond motifs is 1. The normalized spacial score (nSPS) is 11.9. The number of furan rings is 1. The summed E-state index contributed by atoms with van der Waals surface area (Å²) in [4.78, 5) is 38.7. The smallest absolute Gasteiger partial charge is 0.408 e. The number of aromatic nitrogens is 2. The van der Waals surface area contributed by atoms with Gasteiger partial charge in [0, 0.05) is 23.7 Å². The maximum Gasteiger partial charge on any atom is 0.408 e. The first-order chi connectivity index (χ1) is 19.3. The first kappa shape index (κ1) is 27.5. The minimum atomic E-state index is -0.841. The molecule has 3 aromatic heterocycles. The molecular formula is C30H30N4O4S2. The largest absolute Gasteiger partial charge is 0.464 e. The van der Waals surface area contributed by atoms with Crippen molar-refractivity contribution in [2.75, 3.05) is 0 Å². The number of carbonyl (C=O) groups is 2. The lowest BCUT2D eigenvalue weighted by molar-refractivity contribution is -0.134. The number of alkyl carbamates (subject to hydrolysis) is 1. The van der Waals surface area contributed by atoms with Crippen molar-refractivity contribution in [1.82, 2.24) is 20.2 Å². The molecule has 0 saturated heterocycles. The van der Waals surface area contributed by atoms with Gasteiger partial charge in [-0.25, -0.2) is 14.8 Å². The molecule has 0 aliphatic carbocycles. The molecule has 5 rings (SSSR count). The minimum absolute atomic E-state index is 0.0976. The van der Waals surface area contributed by atoms with Crippen LogP contribution in [-0.2, 0) is 35.6 Å². The molecule has 1 N–H and O–H groups in total. The van der Waals surface area contributed by atoms with Crippen LogP contribution in [0.5, 0.6) is 0 Å². The van der Waals surface area contributed by atoms with Gasteiger partial charge in [-0.3, -0.25) is 4.79 Å². The van der Waals surface area contributed by atoms with Crippen molar-refractivity contribution in [1.29, 1.82) is 0 Å². The van der Waals surface area contributed by atoms with Crippen LogP contribution < -0.4 is 5.32 Å². The standard InChI is InChI=1S/C30H30N4O4S2/c1-19-28(40-21(3)31-19)17-38-30(36)33-26(13-22-7-5-4-6-8-22)29(35)34(16-25-18-39-20(2)32-25)15-23-9-10-24-11-12-37-27(24)14-23/h4-12,14,18,26H,13,15-17H2,1-3H3,(H,33,36)/t26-/m0/s1. The average molecular weight is 575 g/mol. The van der Waals surface area contributed by atoms with E-state index >= 15 is 0 Å². The van der Waals surface area contributed by atoms with Crippen LogP contribution in [0, 0.1) is 20.8 Å². The van der Waals surface area contributed by atoms with E-state index in [0.29, 0.717) is 19.5 Å². The fourth-order valence-electron chi connectivity index (χ4n) is 4.50. The van der Waals surface area contributed by atoms with Crippen LogP contribution in [0.25, 0.3) is 11.0 Å². The second-order valence-electron chi connectivity index (χ2n) is 9.55. The van der Waals surface area contributed by atoms with Gasteiger partial charge in [0.25, 0.3) is 0 Å². The van der Waals surface area contributed by atoms with Gasteiger partial charge in [0.2, 0.25) is 5.91 Å². The van der Waals surface area contributed by atoms with Crippen LogP contribution in [-0.4, -0.2) is 32.9 Å². The van der Waals surface area contributed by atoms with Crippen LogP contribution in [0.4, 0.5) is 4.79 Å². The Balaban J connectivity index is 1.38. The Morgan fingerprint density at radius 1 is 1.00 bits per heavy atom. The zero-order chi connectivity index (χ0) is 28.1. The Hall–Kier alpha value is -4.02. The van der Waals surface area contributed by atoms with Crippen molar-refractivity contribution in [2.24, 2.45) is 0 Å². The van der Waals surface area contributed by atoms with Gasteiger partial charge in [-0.15, -0.1) is 22.7 Å². The van der Waals surface area contributed by atoms with Crippen molar-refractivity contribution in [3.05, 3.63) is 104 Å². The molecule has 2 aromatic carbocycles. The third-order valence-electron chi connectivity index (χ3n) is 6.43. The molecule has 3 heterocycles. The Labute approximate surface area is 240 Å². The highest BCUT2D eigenvalue weighted by atomic mass is 32.1. The Bertz CT molecular complexity index is 1610. The van der Waals surface area contributed by atoms with Crippen molar-refractivity contribution in [3.63, 3.8) is 0 Å². The highest BCUT2D eigenvalue weighted by Gasteiger charge is 2.28. The number of aryl methyl sites for hydroxylation is 3. The molecule has 0 radical (unpaired) electrons. The Morgan fingerprint density at radius 3 is 2.55 bits per heavy atom. The van der Waals surface area contributed by atoms with Crippen molar-refractivity contribution in [2.45, 2.75) is 52.9 Å². The Kier molecular flexibility index (Phi) is 8.57. The summed E-state index contributed by atoms with van der Waals surface area (Å²) < 4.78 is 11.1. The summed E-state index contributed by atoms with van der Waals surface area (Å²) in [6.07, 6.45) is 1.31. The van der Waals surface area contributed by atoms with E-state index in [4.69, 9.17) is 9.15 Å². The summed E-state index contributed by atoms with van der Waals surface area (Å²) in [5.41, 5.74) is 4.24. The van der Waals surface area contributed by atoms with E-state index in [0.717, 1.165) is 48.4 Å². The summed E-state index contributed by atoms with van der Waals surface area (Å²) in [6, 6.07) is 16.6. The SMILES string of the molecule is Cc1nc(CN(Cc2ccc3ccoc3c2)C(=O)[C@H](Cc2ccccc2)NC(=O)OCc2sc(C)nc2C)cs1. The molecule has 8 nitrogen and oxygen atoms in total. The first-order valence-corrected chi connectivity index (χ1v) is 14.6. The molecule has 0 bridgehead atoms. The van der Waals surface area contributed by atoms with Gasteiger partial charge in [-0.05, 0) is 44.0 Å². The number of thiazole rings is 2. The van der Waals surface area contributed by atoms with Crippen LogP contribution in [0.3, 0.4) is 0 Å². The highest BCUT2D eigenvalue weighted by Crippen LogP contribution is 2.21. The summed E-state index contributed by atoms with van der Waals surface area (Å²) in [5, 5.41) is 7.63. The average Bonchev–Trinajstić information content (AvgIpc) is 3.66. The van der Waals surface area contributed by atoms with E-state index in [-0.39, 0.29) is 12.5 Å². The lowest BCUT2D eigenvalue weighted by Gasteiger charge is -2.27. The van der Waals surface area contributed by atoms with E-state index in [9.17, 15) is 9.59 Å². The molecule has 2 amide bonds. The monoisotopic (exact) mass is 574 g/mol. The van der Waals surface area contributed by atoms with Gasteiger partial charge in [0.05, 0.1) is 39.1 Å². The predicted octanol–water partition coefficient (Wildman–Crippen LogP) is 6.34. The number of carbonyl (C=O) groups excluding carboxylic acids is 2. The highest BCUT2D eigenvalue weighted by molar-refractivity contribution is 7.11. The predicted molar refractivity (Wildman–Crippen MR) is 156 cm³/mol. The molecule has 1 atom stereocenters. The molecule has 40 heavy (non-hydrogen) atoms. The van der Waals surface area contributed by atoms with E-state index in [1.165, 1.54) is 22.7 Å². The second-order valence-corrected chi connectivity index (χ2v) is 11.9. The number of hydrogen-bond donors (Lipinski definition) is 1. The van der Waals surface area contributed by atoms with Crippen LogP contribution in [0.2, 0.25) is 0 Å². The maximum atomic E-state index is 14.1. The zero-order valence-corrected chi connectivity index (χ0v) is 24.2. The van der Waals surface area contributed by atoms with Crippen molar-refractivity contribution in [3.8, 4) is 0 Å². The number of hydrogen-bond acceptors (Lipinski definition) is 8. The molecule has 206 valence electrons. The number of nitrogens with zero attached hydrogens (tertiary/aromatic N) is 3. The van der Waals surface area contributed by atoms with Gasteiger partial charge in [0.1, 0.15) is 18.2 Å². The van der Waals surface area contributed by atoms with Gasteiger partial charge in [-0.2, -0.15) is 0 Å². The third-order valence-corrected chi connectivity index (χ3v) is 8.30. The number of ether oxygens (including phenoxy) is 1. The first-order valence-electron chi connectivity index (χ1n) is 12.9. The van der Waals surface area contributed by atoms with Crippen LogP contribution in [0.15, 0.2) is 70.7 Å². The van der Waals surface area contributed by atoms with Gasteiger partial charge in [0.15, 0.2) is 0 Å². The molecule has 0 fully saturated rings. The number of amides is 2. The molecule has 0 aliphatic rings. The molecular weight excluding hydrogens is 544 g/mol. The maximum absolute atomic E-state index is 14.1. The molecule has 0 unspecified atom stereocenters. The lowest BCUT2D eigenvalue weighted by Crippen LogP contribution is -2.49. The van der Waals surface area contributed by atoms with Gasteiger partial charge < -0.3 is 19.4 Å². The van der Waals surface area contributed by atoms with Crippen LogP contribution >= 0.6 is 22.7 Å². The Morgan fingerprint density at radius 2 is 1.82 bits per heavy atom. The number of benzene rings is 2. The third kappa shape index (κ3) is 6.94. The van der Waals surface area contributed by atoms with Crippen molar-refractivity contribution >= 4 is 45.6 Å². The van der Waals surface area contributed by atoms with E-state index in [2.05, 4.69) is 15.3 Å². The summed E-state index contributed by atoms with van der Waals surface area (Å²) in [6.45, 7) is 6.47. The summed E-state index contributed by atoms with van der Waals surface area (Å²) >= 11 is 3.03. The van der Waals surface area contributed by atoms with E-state index < -0.39 is 12.1 Å². The van der Waals surface area contributed by atoms with Gasteiger partial charge in [-0.1, -0.05) is 42.5 Å². The number of nitrogens with one attached hydrogen (secondary N) is 1. The molecule has 0 aliphatic heterocycles. The number of rotatable bonds is 10. The fourth-order valence-corrected chi connectivity index (χ4v) is 5.95. The zero-order valence-electron chi connectivity index (χ0n) is 22.5. The molecule has 10 heteroatoms. The lowest BCUT2D eigenvalue weighted by atomic mass is 10.0.